The van der Waals surface area contributed by atoms with Gasteiger partial charge in [-0.1, -0.05) is 18.3 Å². The lowest BCUT2D eigenvalue weighted by Gasteiger charge is -2.09. The van der Waals surface area contributed by atoms with Crippen LogP contribution in [0.2, 0.25) is 0 Å². The van der Waals surface area contributed by atoms with Gasteiger partial charge in [0.1, 0.15) is 4.99 Å². The number of ether oxygens (including phenoxy) is 1. The molecular formula is C22H21N3O2S. The maximum absolute atomic E-state index is 11.8. The van der Waals surface area contributed by atoms with Crippen LogP contribution in [-0.2, 0) is 11.2 Å². The number of aryl methyl sites for hydroxylation is 1. The molecule has 3 rings (SSSR count). The number of thiocarbonyl (C=S) groups is 1. The van der Waals surface area contributed by atoms with Crippen LogP contribution in [0.1, 0.15) is 40.5 Å². The number of nitrogens with zero attached hydrogens (tertiary/aromatic N) is 2. The van der Waals surface area contributed by atoms with Gasteiger partial charge in [-0.25, -0.2) is 4.79 Å². The number of fused-ring (bicyclic) bond motifs is 1. The zero-order chi connectivity index (χ0) is 20.1. The fourth-order valence-electron chi connectivity index (χ4n) is 3.27. The molecule has 0 unspecified atom stereocenters. The maximum atomic E-state index is 11.8. The van der Waals surface area contributed by atoms with Crippen molar-refractivity contribution >= 4 is 34.4 Å². The fraction of sp³-hybridized carbons (Fsp3) is 0.227. The van der Waals surface area contributed by atoms with Crippen molar-refractivity contribution in [1.82, 2.24) is 4.40 Å². The molecule has 142 valence electrons. The average molecular weight is 391 g/mol. The number of hydrogen-bond acceptors (Lipinski definition) is 4. The van der Waals surface area contributed by atoms with Crippen LogP contribution in [0.4, 0.5) is 5.69 Å². The normalized spacial score (nSPS) is 10.5. The average Bonchev–Trinajstić information content (AvgIpc) is 2.98. The molecule has 0 amide bonds. The highest BCUT2D eigenvalue weighted by molar-refractivity contribution is 7.81. The number of anilines is 1. The number of nitrogens with one attached hydrogen (secondary N) is 1. The Kier molecular flexibility index (Phi) is 6.07. The van der Waals surface area contributed by atoms with E-state index in [1.807, 2.05) is 43.5 Å². The van der Waals surface area contributed by atoms with Crippen molar-refractivity contribution in [3.8, 4) is 6.07 Å². The number of carbonyl (C=O) groups is 1. The summed E-state index contributed by atoms with van der Waals surface area (Å²) in [5.41, 5.74) is 5.43. The van der Waals surface area contributed by atoms with Crippen molar-refractivity contribution in [2.45, 2.75) is 26.7 Å². The van der Waals surface area contributed by atoms with E-state index in [1.165, 1.54) is 0 Å². The molecule has 5 nitrogen and oxygen atoms in total. The first-order valence-electron chi connectivity index (χ1n) is 9.10. The summed E-state index contributed by atoms with van der Waals surface area (Å²) in [5, 5.41) is 12.2. The summed E-state index contributed by atoms with van der Waals surface area (Å²) in [6.45, 7) is 4.16. The minimum Gasteiger partial charge on any atom is -0.462 e. The highest BCUT2D eigenvalue weighted by Gasteiger charge is 2.18. The molecule has 1 N–H and O–H groups in total. The van der Waals surface area contributed by atoms with Gasteiger partial charge in [0.25, 0.3) is 0 Å². The third-order valence-corrected chi connectivity index (χ3v) is 4.88. The minimum atomic E-state index is -0.340. The van der Waals surface area contributed by atoms with Crippen molar-refractivity contribution in [2.75, 3.05) is 11.9 Å². The Morgan fingerprint density at radius 2 is 2.00 bits per heavy atom. The zero-order valence-corrected chi connectivity index (χ0v) is 16.7. The second-order valence-corrected chi connectivity index (χ2v) is 6.72. The van der Waals surface area contributed by atoms with Crippen molar-refractivity contribution in [3.63, 3.8) is 0 Å². The molecule has 0 aliphatic heterocycles. The Balaban J connectivity index is 1.89. The van der Waals surface area contributed by atoms with Gasteiger partial charge in [0, 0.05) is 36.0 Å². The lowest BCUT2D eigenvalue weighted by Crippen LogP contribution is -2.12. The lowest BCUT2D eigenvalue weighted by molar-refractivity contribution is 0.0526. The van der Waals surface area contributed by atoms with Gasteiger partial charge < -0.3 is 14.5 Å². The lowest BCUT2D eigenvalue weighted by atomic mass is 10.1. The highest BCUT2D eigenvalue weighted by atomic mass is 32.1. The predicted octanol–water partition coefficient (Wildman–Crippen LogP) is 4.67. The first-order chi connectivity index (χ1) is 13.6. The highest BCUT2D eigenvalue weighted by Crippen LogP contribution is 2.26. The van der Waals surface area contributed by atoms with Crippen LogP contribution >= 0.6 is 12.2 Å². The molecule has 6 heteroatoms. The molecule has 2 aromatic heterocycles. The largest absolute Gasteiger partial charge is 0.462 e. The molecule has 0 saturated carbocycles. The van der Waals surface area contributed by atoms with E-state index in [2.05, 4.69) is 15.8 Å². The second kappa shape index (κ2) is 8.68. The van der Waals surface area contributed by atoms with E-state index in [4.69, 9.17) is 22.2 Å². The van der Waals surface area contributed by atoms with Gasteiger partial charge >= 0.3 is 5.97 Å². The van der Waals surface area contributed by atoms with Crippen LogP contribution in [0.5, 0.6) is 0 Å². The zero-order valence-electron chi connectivity index (χ0n) is 15.9. The SMILES string of the molecule is CCOC(=O)c1ccc(NC(=S)c2c(C)c(CCC#N)n3ccccc23)cc1. The van der Waals surface area contributed by atoms with E-state index in [0.717, 1.165) is 28.0 Å². The Hall–Kier alpha value is -3.17. The van der Waals surface area contributed by atoms with Crippen molar-refractivity contribution < 1.29 is 9.53 Å². The second-order valence-electron chi connectivity index (χ2n) is 6.31. The Morgan fingerprint density at radius 3 is 2.68 bits per heavy atom. The van der Waals surface area contributed by atoms with Gasteiger partial charge in [-0.05, 0) is 55.8 Å². The van der Waals surface area contributed by atoms with Crippen LogP contribution < -0.4 is 5.32 Å². The van der Waals surface area contributed by atoms with Gasteiger partial charge in [-0.15, -0.1) is 0 Å². The number of nitriles is 1. The molecule has 0 aliphatic carbocycles. The minimum absolute atomic E-state index is 0.340. The third-order valence-electron chi connectivity index (χ3n) is 4.57. The van der Waals surface area contributed by atoms with Gasteiger partial charge in [-0.3, -0.25) is 0 Å². The van der Waals surface area contributed by atoms with E-state index in [0.29, 0.717) is 30.0 Å². The fourth-order valence-corrected chi connectivity index (χ4v) is 3.64. The maximum Gasteiger partial charge on any atom is 0.338 e. The van der Waals surface area contributed by atoms with E-state index in [9.17, 15) is 4.79 Å². The molecular weight excluding hydrogens is 370 g/mol. The summed E-state index contributed by atoms with van der Waals surface area (Å²) in [4.78, 5) is 12.4. The Morgan fingerprint density at radius 1 is 1.25 bits per heavy atom. The van der Waals surface area contributed by atoms with Crippen LogP contribution in [0.3, 0.4) is 0 Å². The number of esters is 1. The molecule has 0 radical (unpaired) electrons. The monoisotopic (exact) mass is 391 g/mol. The Labute approximate surface area is 169 Å². The van der Waals surface area contributed by atoms with Crippen molar-refractivity contribution in [2.24, 2.45) is 0 Å². The number of aromatic nitrogens is 1. The smallest absolute Gasteiger partial charge is 0.338 e. The van der Waals surface area contributed by atoms with Gasteiger partial charge in [0.05, 0.1) is 23.8 Å². The number of rotatable bonds is 6. The van der Waals surface area contributed by atoms with Crippen LogP contribution in [0, 0.1) is 18.3 Å². The third kappa shape index (κ3) is 3.90. The summed E-state index contributed by atoms with van der Waals surface area (Å²) < 4.78 is 7.10. The van der Waals surface area contributed by atoms with E-state index >= 15 is 0 Å². The van der Waals surface area contributed by atoms with E-state index in [-0.39, 0.29) is 5.97 Å². The summed E-state index contributed by atoms with van der Waals surface area (Å²) in [6.07, 6.45) is 3.12. The first-order valence-corrected chi connectivity index (χ1v) is 9.51. The van der Waals surface area contributed by atoms with Crippen LogP contribution in [-0.4, -0.2) is 22.0 Å². The summed E-state index contributed by atoms with van der Waals surface area (Å²) in [7, 11) is 0. The number of carbonyl (C=O) groups excluding carboxylic acids is 1. The van der Waals surface area contributed by atoms with Crippen LogP contribution in [0.15, 0.2) is 48.7 Å². The number of pyridine rings is 1. The van der Waals surface area contributed by atoms with Crippen LogP contribution in [0.25, 0.3) is 5.52 Å². The quantitative estimate of drug-likeness (QED) is 0.489. The molecule has 28 heavy (non-hydrogen) atoms. The molecule has 1 aromatic carbocycles. The van der Waals surface area contributed by atoms with Gasteiger partial charge in [0.2, 0.25) is 0 Å². The first kappa shape index (κ1) is 19.6. The predicted molar refractivity (Wildman–Crippen MR) is 114 cm³/mol. The molecule has 0 atom stereocenters. The summed E-state index contributed by atoms with van der Waals surface area (Å²) >= 11 is 5.69. The molecule has 0 bridgehead atoms. The summed E-state index contributed by atoms with van der Waals surface area (Å²) in [5.74, 6) is -0.340. The van der Waals surface area contributed by atoms with E-state index < -0.39 is 0 Å². The standard InChI is InChI=1S/C22H21N3O2S/c1-3-27-22(26)16-9-11-17(12-10-16)24-21(28)20-15(2)18(8-6-13-23)25-14-5-4-7-19(20)25/h4-5,7,9-12,14H,3,6,8H2,1-2H3,(H,24,28). The topological polar surface area (TPSA) is 66.5 Å². The molecule has 0 aliphatic rings. The van der Waals surface area contributed by atoms with Crippen molar-refractivity contribution in [3.05, 3.63) is 71.0 Å². The number of benzene rings is 1. The summed E-state index contributed by atoms with van der Waals surface area (Å²) in [6, 6.07) is 15.2. The molecule has 3 aromatic rings. The van der Waals surface area contributed by atoms with Gasteiger partial charge in [-0.2, -0.15) is 5.26 Å². The van der Waals surface area contributed by atoms with E-state index in [1.54, 1.807) is 19.1 Å². The van der Waals surface area contributed by atoms with Crippen molar-refractivity contribution in [1.29, 1.82) is 5.26 Å². The molecule has 0 spiro atoms. The number of hydrogen-bond donors (Lipinski definition) is 1. The molecule has 0 fully saturated rings. The molecule has 0 saturated heterocycles. The van der Waals surface area contributed by atoms with Gasteiger partial charge in [0.15, 0.2) is 0 Å². The Bertz CT molecular complexity index is 1060. The molecule has 2 heterocycles.